The van der Waals surface area contributed by atoms with E-state index in [-0.39, 0.29) is 5.56 Å². The second kappa shape index (κ2) is 7.64. The van der Waals surface area contributed by atoms with Crippen molar-refractivity contribution in [2.45, 2.75) is 26.5 Å². The van der Waals surface area contributed by atoms with Crippen LogP contribution in [0.2, 0.25) is 0 Å². The van der Waals surface area contributed by atoms with E-state index in [0.717, 1.165) is 47.5 Å². The lowest BCUT2D eigenvalue weighted by atomic mass is 10.1. The van der Waals surface area contributed by atoms with E-state index >= 15 is 0 Å². The van der Waals surface area contributed by atoms with Crippen molar-refractivity contribution < 1.29 is 4.74 Å². The highest BCUT2D eigenvalue weighted by Gasteiger charge is 2.20. The third-order valence-electron chi connectivity index (χ3n) is 6.57. The lowest BCUT2D eigenvalue weighted by Gasteiger charge is -2.24. The number of hydrogen-bond donors (Lipinski definition) is 1. The van der Waals surface area contributed by atoms with Gasteiger partial charge in [-0.05, 0) is 30.7 Å². The van der Waals surface area contributed by atoms with Crippen molar-refractivity contribution in [2.24, 2.45) is 12.0 Å². The van der Waals surface area contributed by atoms with Crippen LogP contribution in [-0.2, 0) is 26.6 Å². The van der Waals surface area contributed by atoms with Crippen LogP contribution in [-0.4, -0.2) is 20.2 Å². The van der Waals surface area contributed by atoms with Gasteiger partial charge in [0, 0.05) is 73.9 Å². The highest BCUT2D eigenvalue weighted by molar-refractivity contribution is 5.87. The number of aromatic nitrogens is 3. The Bertz CT molecular complexity index is 1570. The van der Waals surface area contributed by atoms with Gasteiger partial charge < -0.3 is 19.2 Å². The van der Waals surface area contributed by atoms with Crippen LogP contribution in [0.25, 0.3) is 22.3 Å². The molecule has 0 amide bonds. The fourth-order valence-electron chi connectivity index (χ4n) is 4.79. The average molecular weight is 440 g/mol. The topological polar surface area (TPSA) is 65.5 Å². The Morgan fingerprint density at radius 3 is 2.88 bits per heavy atom. The fourth-order valence-corrected chi connectivity index (χ4v) is 4.79. The van der Waals surface area contributed by atoms with Crippen LogP contribution in [0, 0.1) is 0 Å². The van der Waals surface area contributed by atoms with Gasteiger partial charge >= 0.3 is 0 Å². The Balaban J connectivity index is 1.23. The number of nitrogens with zero attached hydrogens (tertiary/aromatic N) is 4. The molecule has 0 fully saturated rings. The maximum absolute atomic E-state index is 12.9. The van der Waals surface area contributed by atoms with Crippen molar-refractivity contribution in [1.82, 2.24) is 19.0 Å². The van der Waals surface area contributed by atoms with E-state index in [4.69, 9.17) is 4.74 Å². The molecule has 7 heteroatoms. The number of aryl methyl sites for hydroxylation is 1. The molecule has 0 bridgehead atoms. The van der Waals surface area contributed by atoms with Gasteiger partial charge in [0.05, 0.1) is 16.9 Å². The van der Waals surface area contributed by atoms with Crippen LogP contribution in [0.1, 0.15) is 23.7 Å². The zero-order valence-electron chi connectivity index (χ0n) is 18.7. The van der Waals surface area contributed by atoms with Crippen molar-refractivity contribution >= 4 is 10.9 Å². The molecular weight excluding hydrogens is 414 g/mol. The zero-order chi connectivity index (χ0) is 22.5. The summed E-state index contributed by atoms with van der Waals surface area (Å²) in [7, 11) is 2.11. The molecule has 33 heavy (non-hydrogen) atoms. The molecule has 0 aliphatic carbocycles. The summed E-state index contributed by atoms with van der Waals surface area (Å²) in [5.74, 6) is 0.569. The molecule has 166 valence electrons. The van der Waals surface area contributed by atoms with Crippen molar-refractivity contribution in [3.8, 4) is 17.1 Å². The van der Waals surface area contributed by atoms with Crippen LogP contribution in [0.15, 0.2) is 70.9 Å². The number of ether oxygens (including phenoxy) is 1. The van der Waals surface area contributed by atoms with Gasteiger partial charge in [0.1, 0.15) is 17.8 Å². The average Bonchev–Trinajstić information content (AvgIpc) is 3.11. The Morgan fingerprint density at radius 1 is 1.18 bits per heavy atom. The molecular formula is C26H25N5O2. The molecule has 3 aromatic rings. The van der Waals surface area contributed by atoms with Gasteiger partial charge in [-0.15, -0.1) is 0 Å². The molecule has 2 aromatic heterocycles. The number of pyridine rings is 2. The summed E-state index contributed by atoms with van der Waals surface area (Å²) in [5, 5.41) is 4.71. The van der Waals surface area contributed by atoms with Gasteiger partial charge in [-0.3, -0.25) is 9.36 Å². The minimum absolute atomic E-state index is 0.111. The van der Waals surface area contributed by atoms with Gasteiger partial charge in [-0.25, -0.2) is 4.99 Å². The number of fused-ring (bicyclic) bond motifs is 4. The molecule has 5 heterocycles. The van der Waals surface area contributed by atoms with E-state index in [0.29, 0.717) is 12.4 Å². The number of allylic oxidation sites excluding steroid dienone is 1. The predicted molar refractivity (Wildman–Crippen MR) is 128 cm³/mol. The SMILES string of the molecule is C/C=C\N=c1\cc2c(COc3ccn(-c4ccc5c6c(n(C)c5c4)CCNC6)c(=O)c3)cn1-2. The highest BCUT2D eigenvalue weighted by Crippen LogP contribution is 2.29. The van der Waals surface area contributed by atoms with E-state index in [2.05, 4.69) is 34.1 Å². The van der Waals surface area contributed by atoms with Gasteiger partial charge in [0.15, 0.2) is 0 Å². The minimum atomic E-state index is -0.111. The molecule has 0 saturated heterocycles. The molecule has 6 rings (SSSR count). The standard InChI is InChI=1S/C26H25N5O2/c1-3-8-28-25-13-23-17(15-31(23)25)16-33-19-7-10-30(26(32)12-19)18-4-5-20-21-14-27-9-6-22(21)29(2)24(20)11-18/h3-5,7-8,10-13,15,27H,6,9,14,16H2,1-2H3/b8-3-,28-25-. The molecule has 3 aliphatic heterocycles. The molecule has 0 radical (unpaired) electrons. The summed E-state index contributed by atoms with van der Waals surface area (Å²) in [6.45, 7) is 4.27. The van der Waals surface area contributed by atoms with Gasteiger partial charge in [-0.1, -0.05) is 12.1 Å². The highest BCUT2D eigenvalue weighted by atomic mass is 16.5. The molecule has 0 saturated carbocycles. The van der Waals surface area contributed by atoms with Gasteiger partial charge in [-0.2, -0.15) is 0 Å². The summed E-state index contributed by atoms with van der Waals surface area (Å²) in [5.41, 5.74) is 7.80. The maximum atomic E-state index is 12.9. The van der Waals surface area contributed by atoms with E-state index < -0.39 is 0 Å². The number of benzene rings is 1. The third-order valence-corrected chi connectivity index (χ3v) is 6.57. The smallest absolute Gasteiger partial charge is 0.258 e. The van der Waals surface area contributed by atoms with Crippen molar-refractivity contribution in [3.63, 3.8) is 0 Å². The monoisotopic (exact) mass is 439 g/mol. The van der Waals surface area contributed by atoms with Gasteiger partial charge in [0.2, 0.25) is 0 Å². The maximum Gasteiger partial charge on any atom is 0.258 e. The lowest BCUT2D eigenvalue weighted by molar-refractivity contribution is 0.300. The van der Waals surface area contributed by atoms with Crippen LogP contribution in [0.5, 0.6) is 5.75 Å². The first-order valence-corrected chi connectivity index (χ1v) is 11.2. The van der Waals surface area contributed by atoms with Crippen LogP contribution in [0.3, 0.4) is 0 Å². The lowest BCUT2D eigenvalue weighted by Crippen LogP contribution is -2.32. The first-order valence-electron chi connectivity index (χ1n) is 11.2. The third kappa shape index (κ3) is 3.15. The largest absolute Gasteiger partial charge is 0.489 e. The minimum Gasteiger partial charge on any atom is -0.489 e. The number of hydrogen-bond acceptors (Lipinski definition) is 4. The number of nitrogens with one attached hydrogen (secondary N) is 1. The van der Waals surface area contributed by atoms with E-state index in [1.54, 1.807) is 23.0 Å². The van der Waals surface area contributed by atoms with Gasteiger partial charge in [0.25, 0.3) is 5.56 Å². The van der Waals surface area contributed by atoms with E-state index in [1.165, 1.54) is 16.6 Å². The van der Waals surface area contributed by atoms with Crippen LogP contribution in [0.4, 0.5) is 0 Å². The molecule has 1 N–H and O–H groups in total. The first-order chi connectivity index (χ1) is 16.1. The van der Waals surface area contributed by atoms with Crippen LogP contribution >= 0.6 is 0 Å². The summed E-state index contributed by atoms with van der Waals surface area (Å²) in [4.78, 5) is 17.2. The summed E-state index contributed by atoms with van der Waals surface area (Å²) in [6, 6.07) is 11.7. The molecule has 0 atom stereocenters. The molecule has 7 nitrogen and oxygen atoms in total. The van der Waals surface area contributed by atoms with E-state index in [9.17, 15) is 4.79 Å². The van der Waals surface area contributed by atoms with Crippen molar-refractivity contribution in [3.05, 3.63) is 93.7 Å². The zero-order valence-corrected chi connectivity index (χ0v) is 18.7. The Morgan fingerprint density at radius 2 is 2.09 bits per heavy atom. The van der Waals surface area contributed by atoms with E-state index in [1.807, 2.05) is 42.0 Å². The normalized spacial score (nSPS) is 14.8. The summed E-state index contributed by atoms with van der Waals surface area (Å²) < 4.78 is 11.8. The molecule has 3 aliphatic rings. The molecule has 1 aromatic carbocycles. The second-order valence-electron chi connectivity index (χ2n) is 8.50. The first kappa shape index (κ1) is 19.8. The fraction of sp³-hybridized carbons (Fsp3) is 0.231. The summed E-state index contributed by atoms with van der Waals surface area (Å²) >= 11 is 0. The van der Waals surface area contributed by atoms with Crippen molar-refractivity contribution in [1.29, 1.82) is 0 Å². The van der Waals surface area contributed by atoms with Crippen molar-refractivity contribution in [2.75, 3.05) is 6.54 Å². The summed E-state index contributed by atoms with van der Waals surface area (Å²) in [6.07, 6.45) is 8.51. The predicted octanol–water partition coefficient (Wildman–Crippen LogP) is 3.09. The Labute approximate surface area is 190 Å². The Kier molecular flexibility index (Phi) is 4.58. The number of rotatable bonds is 5. The van der Waals surface area contributed by atoms with Crippen LogP contribution < -0.4 is 21.1 Å². The second-order valence-corrected chi connectivity index (χ2v) is 8.50. The molecule has 0 spiro atoms. The quantitative estimate of drug-likeness (QED) is 0.458. The molecule has 0 unspecified atom stereocenters. The Hall–Kier alpha value is -3.84.